The number of fused-ring (bicyclic) bond motifs is 2. The lowest BCUT2D eigenvalue weighted by molar-refractivity contribution is 1.12. The molecular weight excluding hydrogens is 262 g/mol. The molecule has 0 unspecified atom stereocenters. The summed E-state index contributed by atoms with van der Waals surface area (Å²) in [6.45, 7) is 0.909. The molecule has 3 rings (SSSR count). The second-order valence-electron chi connectivity index (χ2n) is 4.07. The zero-order valence-corrected chi connectivity index (χ0v) is 10.4. The van der Waals surface area contributed by atoms with Gasteiger partial charge in [-0.05, 0) is 45.1 Å². The number of hydrogen-bond acceptors (Lipinski definition) is 1. The quantitative estimate of drug-likeness (QED) is 0.766. The van der Waals surface area contributed by atoms with Gasteiger partial charge in [0.1, 0.15) is 0 Å². The van der Waals surface area contributed by atoms with Gasteiger partial charge in [-0.15, -0.1) is 0 Å². The third kappa shape index (κ3) is 1.63. The molecule has 2 aromatic carbocycles. The molecule has 80 valence electrons. The summed E-state index contributed by atoms with van der Waals surface area (Å²) in [7, 11) is 0. The molecule has 0 bridgehead atoms. The van der Waals surface area contributed by atoms with E-state index in [1.807, 2.05) is 0 Å². The Labute approximate surface area is 104 Å². The topological polar surface area (TPSA) is 12.0 Å². The predicted molar refractivity (Wildman–Crippen MR) is 70.7 cm³/mol. The molecule has 0 saturated heterocycles. The lowest BCUT2D eigenvalue weighted by Crippen LogP contribution is -1.99. The van der Waals surface area contributed by atoms with E-state index in [4.69, 9.17) is 0 Å². The van der Waals surface area contributed by atoms with E-state index >= 15 is 0 Å². The number of benzene rings is 2. The number of para-hydroxylation sites is 1. The molecule has 0 aliphatic carbocycles. The van der Waals surface area contributed by atoms with Crippen LogP contribution in [0.1, 0.15) is 16.7 Å². The van der Waals surface area contributed by atoms with E-state index in [0.29, 0.717) is 0 Å². The van der Waals surface area contributed by atoms with Gasteiger partial charge in [-0.1, -0.05) is 36.4 Å². The Bertz CT molecular complexity index is 534. The zero-order chi connectivity index (χ0) is 11.0. The van der Waals surface area contributed by atoms with Gasteiger partial charge in [-0.2, -0.15) is 0 Å². The normalized spacial score (nSPS) is 13.3. The Morgan fingerprint density at radius 1 is 0.875 bits per heavy atom. The molecule has 1 N–H and O–H groups in total. The Kier molecular flexibility index (Phi) is 2.44. The maximum Gasteiger partial charge on any atom is 0.0523 e. The van der Waals surface area contributed by atoms with Crippen LogP contribution in [0.15, 0.2) is 46.9 Å². The van der Waals surface area contributed by atoms with Gasteiger partial charge < -0.3 is 5.32 Å². The van der Waals surface area contributed by atoms with Crippen molar-refractivity contribution in [2.75, 3.05) is 5.32 Å². The molecule has 0 fully saturated rings. The lowest BCUT2D eigenvalue weighted by Gasteiger charge is -2.09. The first-order chi connectivity index (χ1) is 7.84. The molecule has 0 aromatic heterocycles. The first kappa shape index (κ1) is 9.91. The highest BCUT2D eigenvalue weighted by Crippen LogP contribution is 2.31. The van der Waals surface area contributed by atoms with Gasteiger partial charge in [0.25, 0.3) is 0 Å². The Morgan fingerprint density at radius 3 is 2.50 bits per heavy atom. The molecule has 1 nitrogen and oxygen atoms in total. The monoisotopic (exact) mass is 273 g/mol. The fraction of sp³-hybridized carbons (Fsp3) is 0.143. The van der Waals surface area contributed by atoms with Gasteiger partial charge in [0.05, 0.1) is 5.69 Å². The molecule has 0 atom stereocenters. The zero-order valence-electron chi connectivity index (χ0n) is 8.83. The van der Waals surface area contributed by atoms with Crippen LogP contribution in [-0.2, 0) is 13.0 Å². The van der Waals surface area contributed by atoms with Gasteiger partial charge in [-0.25, -0.2) is 0 Å². The van der Waals surface area contributed by atoms with Crippen LogP contribution in [0.5, 0.6) is 0 Å². The number of anilines is 1. The molecule has 1 aliphatic heterocycles. The van der Waals surface area contributed by atoms with E-state index in [0.717, 1.165) is 17.4 Å². The van der Waals surface area contributed by atoms with Crippen LogP contribution in [0.2, 0.25) is 0 Å². The maximum absolute atomic E-state index is 3.60. The van der Waals surface area contributed by atoms with Crippen LogP contribution in [0.4, 0.5) is 5.69 Å². The predicted octanol–water partition coefficient (Wildman–Crippen LogP) is 3.97. The average molecular weight is 274 g/mol. The first-order valence-corrected chi connectivity index (χ1v) is 6.22. The van der Waals surface area contributed by atoms with Crippen LogP contribution < -0.4 is 5.32 Å². The molecule has 1 aliphatic rings. The highest BCUT2D eigenvalue weighted by Gasteiger charge is 2.13. The second kappa shape index (κ2) is 3.95. The Morgan fingerprint density at radius 2 is 1.62 bits per heavy atom. The largest absolute Gasteiger partial charge is 0.380 e. The molecule has 16 heavy (non-hydrogen) atoms. The standard InChI is InChI=1S/C14H12BrN/c15-13-7-3-6-11-8-10-4-1-2-5-12(10)9-16-14(11)13/h1-7,16H,8-9H2. The third-order valence-electron chi connectivity index (χ3n) is 3.05. The van der Waals surface area contributed by atoms with Gasteiger partial charge >= 0.3 is 0 Å². The van der Waals surface area contributed by atoms with Crippen molar-refractivity contribution < 1.29 is 0 Å². The summed E-state index contributed by atoms with van der Waals surface area (Å²) >= 11 is 3.60. The Hall–Kier alpha value is -1.28. The fourth-order valence-electron chi connectivity index (χ4n) is 2.21. The van der Waals surface area contributed by atoms with Gasteiger partial charge in [0, 0.05) is 11.0 Å². The lowest BCUT2D eigenvalue weighted by atomic mass is 10.0. The van der Waals surface area contributed by atoms with E-state index in [9.17, 15) is 0 Å². The van der Waals surface area contributed by atoms with Gasteiger partial charge in [-0.3, -0.25) is 0 Å². The summed E-state index contributed by atoms with van der Waals surface area (Å²) in [6, 6.07) is 15.0. The third-order valence-corrected chi connectivity index (χ3v) is 3.72. The van der Waals surface area contributed by atoms with E-state index in [-0.39, 0.29) is 0 Å². The number of hydrogen-bond donors (Lipinski definition) is 1. The minimum atomic E-state index is 0.909. The molecule has 1 heterocycles. The smallest absolute Gasteiger partial charge is 0.0523 e. The molecule has 2 heteroatoms. The van der Waals surface area contributed by atoms with Crippen molar-refractivity contribution in [2.24, 2.45) is 0 Å². The van der Waals surface area contributed by atoms with Crippen LogP contribution >= 0.6 is 15.9 Å². The summed E-state index contributed by atoms with van der Waals surface area (Å²) in [5.41, 5.74) is 5.41. The van der Waals surface area contributed by atoms with E-state index < -0.39 is 0 Å². The highest BCUT2D eigenvalue weighted by molar-refractivity contribution is 9.10. The van der Waals surface area contributed by atoms with Crippen LogP contribution in [0, 0.1) is 0 Å². The van der Waals surface area contributed by atoms with Crippen LogP contribution in [-0.4, -0.2) is 0 Å². The van der Waals surface area contributed by atoms with Gasteiger partial charge in [0.2, 0.25) is 0 Å². The van der Waals surface area contributed by atoms with Crippen molar-refractivity contribution >= 4 is 21.6 Å². The molecule has 0 radical (unpaired) electrons. The minimum Gasteiger partial charge on any atom is -0.380 e. The Balaban J connectivity index is 2.12. The number of rotatable bonds is 0. The summed E-state index contributed by atoms with van der Waals surface area (Å²) in [4.78, 5) is 0. The molecule has 0 saturated carbocycles. The molecule has 2 aromatic rings. The fourth-order valence-corrected chi connectivity index (χ4v) is 2.75. The molecule has 0 spiro atoms. The van der Waals surface area contributed by atoms with Crippen molar-refractivity contribution in [2.45, 2.75) is 13.0 Å². The summed E-state index contributed by atoms with van der Waals surface area (Å²) < 4.78 is 1.15. The maximum atomic E-state index is 3.60. The first-order valence-electron chi connectivity index (χ1n) is 5.42. The summed E-state index contributed by atoms with van der Waals surface area (Å²) in [5.74, 6) is 0. The van der Waals surface area contributed by atoms with Gasteiger partial charge in [0.15, 0.2) is 0 Å². The summed E-state index contributed by atoms with van der Waals surface area (Å²) in [6.07, 6.45) is 1.01. The van der Waals surface area contributed by atoms with Crippen molar-refractivity contribution in [1.82, 2.24) is 0 Å². The SMILES string of the molecule is Brc1cccc2c1NCc1ccccc1C2. The van der Waals surface area contributed by atoms with E-state index in [1.54, 1.807) is 0 Å². The molecular formula is C14H12BrN. The van der Waals surface area contributed by atoms with Crippen LogP contribution in [0.3, 0.4) is 0 Å². The number of nitrogens with one attached hydrogen (secondary N) is 1. The van der Waals surface area contributed by atoms with Crippen molar-refractivity contribution in [3.8, 4) is 0 Å². The average Bonchev–Trinajstić information content (AvgIpc) is 2.48. The highest BCUT2D eigenvalue weighted by atomic mass is 79.9. The van der Waals surface area contributed by atoms with E-state index in [1.165, 1.54) is 22.4 Å². The van der Waals surface area contributed by atoms with Crippen molar-refractivity contribution in [1.29, 1.82) is 0 Å². The second-order valence-corrected chi connectivity index (χ2v) is 4.93. The van der Waals surface area contributed by atoms with E-state index in [2.05, 4.69) is 63.7 Å². The van der Waals surface area contributed by atoms with Crippen molar-refractivity contribution in [3.63, 3.8) is 0 Å². The van der Waals surface area contributed by atoms with Crippen LogP contribution in [0.25, 0.3) is 0 Å². The minimum absolute atomic E-state index is 0.909. The summed E-state index contributed by atoms with van der Waals surface area (Å²) in [5, 5.41) is 3.50. The molecule has 0 amide bonds. The number of halogens is 1. The van der Waals surface area contributed by atoms with Crippen molar-refractivity contribution in [3.05, 3.63) is 63.6 Å².